The molecule has 0 aromatic heterocycles. The van der Waals surface area contributed by atoms with Gasteiger partial charge < -0.3 is 4.74 Å². The summed E-state index contributed by atoms with van der Waals surface area (Å²) in [5.74, 6) is 1.03. The van der Waals surface area contributed by atoms with E-state index in [0.29, 0.717) is 0 Å². The number of ether oxygens (including phenoxy) is 1. The van der Waals surface area contributed by atoms with E-state index in [1.165, 1.54) is 44.5 Å². The van der Waals surface area contributed by atoms with Gasteiger partial charge in [-0.05, 0) is 57.4 Å². The minimum absolute atomic E-state index is 0.0140. The Labute approximate surface area is 221 Å². The van der Waals surface area contributed by atoms with Gasteiger partial charge in [-0.2, -0.15) is 0 Å². The van der Waals surface area contributed by atoms with Gasteiger partial charge in [-0.25, -0.2) is 0 Å². The second-order valence-corrected chi connectivity index (χ2v) is 15.9. The fraction of sp³-hybridized carbons (Fsp3) is 0.517. The molecule has 0 atom stereocenters. The number of rotatable bonds is 2. The molecule has 0 saturated heterocycles. The van der Waals surface area contributed by atoms with E-state index in [1.54, 1.807) is 0 Å². The summed E-state index contributed by atoms with van der Waals surface area (Å²) in [5, 5.41) is 0. The molecule has 4 heteroatoms. The van der Waals surface area contributed by atoms with E-state index >= 15 is 0 Å². The maximum atomic E-state index is 6.14. The average Bonchev–Trinajstić information content (AvgIpc) is 3.04. The van der Waals surface area contributed by atoms with E-state index in [4.69, 9.17) is 21.8 Å². The first-order valence-electron chi connectivity index (χ1n) is 11.6. The van der Waals surface area contributed by atoms with Crippen molar-refractivity contribution in [3.63, 3.8) is 0 Å². The summed E-state index contributed by atoms with van der Waals surface area (Å²) in [7, 11) is 11.7. The molecule has 0 radical (unpaired) electrons. The van der Waals surface area contributed by atoms with E-state index in [0.717, 1.165) is 12.2 Å². The van der Waals surface area contributed by atoms with Gasteiger partial charge in [0.2, 0.25) is 0 Å². The second-order valence-electron chi connectivity index (χ2n) is 12.2. The SMILES string of the molecule is COc1c(C(C)(C)C)cc2c(c1-c1cc(C(C)(C)C)cc(C(C)(C)C)c1)C=C(C)C2.[Cl][Zr][Cl]. The Balaban J connectivity index is 0.00000122. The van der Waals surface area contributed by atoms with E-state index in [-0.39, 0.29) is 16.2 Å². The molecular formula is C29H40Cl2OZr. The molecule has 2 aromatic rings. The van der Waals surface area contributed by atoms with Crippen LogP contribution in [0.3, 0.4) is 0 Å². The molecule has 0 spiro atoms. The monoisotopic (exact) mass is 564 g/mol. The first-order chi connectivity index (χ1) is 15.0. The standard InChI is InChI=1S/C29H40O.2ClH.Zr/c1-18-12-19-16-24(29(8,9)10)26(30-11)25(23(19)13-18)20-14-21(27(2,3)4)17-22(15-20)28(5,6)7;;;/h13-17H,12H2,1-11H3;2*1H;/q;;;+2/p-2. The van der Waals surface area contributed by atoms with Gasteiger partial charge in [0.1, 0.15) is 5.75 Å². The van der Waals surface area contributed by atoms with Crippen LogP contribution >= 0.6 is 17.0 Å². The zero-order chi connectivity index (χ0) is 25.4. The van der Waals surface area contributed by atoms with Crippen molar-refractivity contribution in [2.75, 3.05) is 7.11 Å². The minimum atomic E-state index is -0.826. The number of fused-ring (bicyclic) bond motifs is 1. The molecule has 0 bridgehead atoms. The normalized spacial score (nSPS) is 13.7. The third-order valence-electron chi connectivity index (χ3n) is 6.23. The van der Waals surface area contributed by atoms with Gasteiger partial charge in [0, 0.05) is 11.1 Å². The molecule has 33 heavy (non-hydrogen) atoms. The number of halogens is 2. The van der Waals surface area contributed by atoms with Crippen LogP contribution < -0.4 is 4.74 Å². The van der Waals surface area contributed by atoms with Crippen LogP contribution in [0, 0.1) is 0 Å². The van der Waals surface area contributed by atoms with E-state index in [1.807, 2.05) is 7.11 Å². The third kappa shape index (κ3) is 6.77. The van der Waals surface area contributed by atoms with Crippen molar-refractivity contribution in [1.29, 1.82) is 0 Å². The number of hydrogen-bond donors (Lipinski definition) is 0. The van der Waals surface area contributed by atoms with Crippen LogP contribution in [0.4, 0.5) is 0 Å². The molecular weight excluding hydrogens is 526 g/mol. The summed E-state index contributed by atoms with van der Waals surface area (Å²) in [6.07, 6.45) is 3.39. The number of benzene rings is 2. The first-order valence-corrected chi connectivity index (χ1v) is 17.9. The van der Waals surface area contributed by atoms with Crippen LogP contribution in [-0.2, 0) is 43.5 Å². The molecule has 0 N–H and O–H groups in total. The van der Waals surface area contributed by atoms with Gasteiger partial charge in [0.15, 0.2) is 0 Å². The molecule has 0 aliphatic heterocycles. The van der Waals surface area contributed by atoms with Crippen molar-refractivity contribution in [1.82, 2.24) is 0 Å². The van der Waals surface area contributed by atoms with Gasteiger partial charge in [0.05, 0.1) is 7.11 Å². The van der Waals surface area contributed by atoms with Crippen LogP contribution in [0.1, 0.15) is 97.1 Å². The van der Waals surface area contributed by atoms with Crippen LogP contribution in [0.15, 0.2) is 29.8 Å². The van der Waals surface area contributed by atoms with Gasteiger partial charge in [-0.15, -0.1) is 0 Å². The fourth-order valence-electron chi connectivity index (χ4n) is 4.34. The summed E-state index contributed by atoms with van der Waals surface area (Å²) >= 11 is -0.826. The Kier molecular flexibility index (Phi) is 9.21. The van der Waals surface area contributed by atoms with Gasteiger partial charge in [0.25, 0.3) is 0 Å². The molecule has 3 rings (SSSR count). The van der Waals surface area contributed by atoms with Gasteiger partial charge in [-0.3, -0.25) is 0 Å². The van der Waals surface area contributed by atoms with Gasteiger partial charge >= 0.3 is 37.9 Å². The van der Waals surface area contributed by atoms with Crippen molar-refractivity contribution >= 4 is 23.1 Å². The van der Waals surface area contributed by atoms with Crippen LogP contribution in [0.5, 0.6) is 5.75 Å². The van der Waals surface area contributed by atoms with E-state index in [9.17, 15) is 0 Å². The summed E-state index contributed by atoms with van der Waals surface area (Å²) in [6, 6.07) is 9.55. The molecule has 180 valence electrons. The molecule has 1 aliphatic rings. The topological polar surface area (TPSA) is 9.23 Å². The van der Waals surface area contributed by atoms with E-state index < -0.39 is 20.8 Å². The fourth-order valence-corrected chi connectivity index (χ4v) is 4.34. The number of methoxy groups -OCH3 is 1. The van der Waals surface area contributed by atoms with Gasteiger partial charge in [-0.1, -0.05) is 98.2 Å². The van der Waals surface area contributed by atoms with Crippen molar-refractivity contribution in [3.8, 4) is 16.9 Å². The Morgan fingerprint density at radius 1 is 0.788 bits per heavy atom. The molecule has 0 amide bonds. The molecule has 0 heterocycles. The zero-order valence-corrected chi connectivity index (χ0v) is 26.2. The van der Waals surface area contributed by atoms with Crippen LogP contribution in [-0.4, -0.2) is 7.11 Å². The summed E-state index contributed by atoms with van der Waals surface area (Å²) in [5.41, 5.74) is 10.9. The molecule has 1 aliphatic carbocycles. The quantitative estimate of drug-likeness (QED) is 0.352. The molecule has 0 saturated carbocycles. The number of allylic oxidation sites excluding steroid dienone is 1. The van der Waals surface area contributed by atoms with Crippen molar-refractivity contribution in [2.45, 2.75) is 91.9 Å². The van der Waals surface area contributed by atoms with E-state index in [2.05, 4.69) is 99.6 Å². The Morgan fingerprint density at radius 3 is 1.67 bits per heavy atom. The zero-order valence-electron chi connectivity index (χ0n) is 22.3. The third-order valence-corrected chi connectivity index (χ3v) is 6.23. The molecule has 1 nitrogen and oxygen atoms in total. The maximum absolute atomic E-state index is 6.14. The number of hydrogen-bond acceptors (Lipinski definition) is 1. The van der Waals surface area contributed by atoms with Crippen molar-refractivity contribution in [2.24, 2.45) is 0 Å². The Bertz CT molecular complexity index is 999. The predicted molar refractivity (Wildman–Crippen MR) is 144 cm³/mol. The summed E-state index contributed by atoms with van der Waals surface area (Å²) in [6.45, 7) is 22.9. The summed E-state index contributed by atoms with van der Waals surface area (Å²) < 4.78 is 6.14. The molecule has 2 aromatic carbocycles. The Hall–Kier alpha value is -0.557. The Morgan fingerprint density at radius 2 is 1.27 bits per heavy atom. The molecule has 0 fully saturated rings. The first kappa shape index (κ1) is 28.7. The molecule has 0 unspecified atom stereocenters. The van der Waals surface area contributed by atoms with Crippen LogP contribution in [0.25, 0.3) is 17.2 Å². The predicted octanol–water partition coefficient (Wildman–Crippen LogP) is 9.59. The average molecular weight is 567 g/mol. The van der Waals surface area contributed by atoms with Crippen molar-refractivity contribution < 1.29 is 25.6 Å². The van der Waals surface area contributed by atoms with Crippen molar-refractivity contribution in [3.05, 3.63) is 57.7 Å². The van der Waals surface area contributed by atoms with Crippen LogP contribution in [0.2, 0.25) is 0 Å². The summed E-state index contributed by atoms with van der Waals surface area (Å²) in [4.78, 5) is 0. The second kappa shape index (κ2) is 10.6.